The first-order valence-electron chi connectivity index (χ1n) is 4.72. The summed E-state index contributed by atoms with van der Waals surface area (Å²) in [6, 6.07) is 4.08. The summed E-state index contributed by atoms with van der Waals surface area (Å²) in [7, 11) is 0. The van der Waals surface area contributed by atoms with Gasteiger partial charge in [-0.3, -0.25) is 0 Å². The van der Waals surface area contributed by atoms with E-state index in [-0.39, 0.29) is 0 Å². The second-order valence-electron chi connectivity index (χ2n) is 3.55. The van der Waals surface area contributed by atoms with Gasteiger partial charge >= 0.3 is 0 Å². The third-order valence-corrected chi connectivity index (χ3v) is 4.93. The molecule has 0 bridgehead atoms. The Bertz CT molecular complexity index is 302. The van der Waals surface area contributed by atoms with Crippen LogP contribution >= 0.6 is 38.9 Å². The number of thiophene rings is 1. The molecule has 1 aromatic rings. The predicted molar refractivity (Wildman–Crippen MR) is 64.7 cm³/mol. The molecule has 1 fully saturated rings. The molecule has 78 valence electrons. The highest BCUT2D eigenvalue weighted by Gasteiger charge is 2.23. The number of halogens is 2. The van der Waals surface area contributed by atoms with Crippen molar-refractivity contribution in [1.82, 2.24) is 0 Å². The Morgan fingerprint density at radius 2 is 2.43 bits per heavy atom. The van der Waals surface area contributed by atoms with Crippen LogP contribution < -0.4 is 0 Å². The van der Waals surface area contributed by atoms with Gasteiger partial charge in [-0.05, 0) is 30.9 Å². The smallest absolute Gasteiger partial charge is 0.0931 e. The summed E-state index contributed by atoms with van der Waals surface area (Å²) in [5.74, 6) is 0.596. The maximum Gasteiger partial charge on any atom is 0.0931 e. The van der Waals surface area contributed by atoms with Crippen molar-refractivity contribution in [1.29, 1.82) is 0 Å². The second kappa shape index (κ2) is 4.97. The summed E-state index contributed by atoms with van der Waals surface area (Å²) in [6.07, 6.45) is 2.19. The first kappa shape index (κ1) is 10.9. The molecule has 0 amide bonds. The molecule has 0 radical (unpaired) electrons. The van der Waals surface area contributed by atoms with Crippen LogP contribution in [-0.4, -0.2) is 18.0 Å². The molecule has 1 aliphatic rings. The van der Waals surface area contributed by atoms with E-state index in [1.165, 1.54) is 4.88 Å². The van der Waals surface area contributed by atoms with E-state index in [0.29, 0.717) is 10.7 Å². The van der Waals surface area contributed by atoms with Gasteiger partial charge in [-0.15, -0.1) is 11.3 Å². The topological polar surface area (TPSA) is 9.23 Å². The van der Waals surface area contributed by atoms with Crippen LogP contribution in [-0.2, 0) is 11.2 Å². The number of ether oxygens (including phenoxy) is 1. The zero-order valence-corrected chi connectivity index (χ0v) is 10.9. The van der Waals surface area contributed by atoms with Crippen molar-refractivity contribution in [2.24, 2.45) is 5.92 Å². The predicted octanol–water partition coefficient (Wildman–Crippen LogP) is 3.74. The SMILES string of the molecule is Clc1ccc(CC2COCCC2Br)s1. The monoisotopic (exact) mass is 294 g/mol. The van der Waals surface area contributed by atoms with Crippen molar-refractivity contribution in [2.75, 3.05) is 13.2 Å². The van der Waals surface area contributed by atoms with Gasteiger partial charge in [0.1, 0.15) is 0 Å². The van der Waals surface area contributed by atoms with Crippen LogP contribution in [0.4, 0.5) is 0 Å². The lowest BCUT2D eigenvalue weighted by atomic mass is 9.98. The van der Waals surface area contributed by atoms with Gasteiger partial charge in [-0.25, -0.2) is 0 Å². The summed E-state index contributed by atoms with van der Waals surface area (Å²) in [4.78, 5) is 1.95. The Kier molecular flexibility index (Phi) is 3.88. The van der Waals surface area contributed by atoms with E-state index in [9.17, 15) is 0 Å². The van der Waals surface area contributed by atoms with Crippen LogP contribution in [0, 0.1) is 5.92 Å². The number of hydrogen-bond acceptors (Lipinski definition) is 2. The normalized spacial score (nSPS) is 27.9. The Hall–Kier alpha value is 0.430. The molecule has 1 saturated heterocycles. The van der Waals surface area contributed by atoms with Gasteiger partial charge in [-0.1, -0.05) is 27.5 Å². The van der Waals surface area contributed by atoms with Gasteiger partial charge in [0, 0.05) is 16.3 Å². The molecule has 0 aromatic carbocycles. The van der Waals surface area contributed by atoms with Gasteiger partial charge in [0.2, 0.25) is 0 Å². The largest absolute Gasteiger partial charge is 0.381 e. The third kappa shape index (κ3) is 2.72. The van der Waals surface area contributed by atoms with Crippen molar-refractivity contribution >= 4 is 38.9 Å². The van der Waals surface area contributed by atoms with E-state index in [1.54, 1.807) is 11.3 Å². The van der Waals surface area contributed by atoms with E-state index in [4.69, 9.17) is 16.3 Å². The number of alkyl halides is 1. The summed E-state index contributed by atoms with van der Waals surface area (Å²) in [5.41, 5.74) is 0. The molecule has 4 heteroatoms. The fraction of sp³-hybridized carbons (Fsp3) is 0.600. The zero-order chi connectivity index (χ0) is 9.97. The van der Waals surface area contributed by atoms with Crippen LogP contribution in [0.5, 0.6) is 0 Å². The fourth-order valence-corrected chi connectivity index (χ4v) is 3.38. The second-order valence-corrected chi connectivity index (χ2v) is 6.53. The molecule has 2 heterocycles. The Morgan fingerprint density at radius 1 is 1.57 bits per heavy atom. The van der Waals surface area contributed by atoms with Gasteiger partial charge in [0.05, 0.1) is 10.9 Å². The molecule has 2 rings (SSSR count). The summed E-state index contributed by atoms with van der Waals surface area (Å²) in [5, 5.41) is 0. The summed E-state index contributed by atoms with van der Waals surface area (Å²) in [6.45, 7) is 1.75. The molecule has 0 saturated carbocycles. The van der Waals surface area contributed by atoms with Crippen LogP contribution in [0.2, 0.25) is 4.34 Å². The van der Waals surface area contributed by atoms with E-state index in [1.807, 2.05) is 6.07 Å². The van der Waals surface area contributed by atoms with Crippen molar-refractivity contribution in [3.05, 3.63) is 21.3 Å². The van der Waals surface area contributed by atoms with Crippen LogP contribution in [0.3, 0.4) is 0 Å². The average Bonchev–Trinajstić information content (AvgIpc) is 2.56. The van der Waals surface area contributed by atoms with E-state index < -0.39 is 0 Å². The maximum atomic E-state index is 5.89. The van der Waals surface area contributed by atoms with E-state index in [2.05, 4.69) is 22.0 Å². The molecule has 1 nitrogen and oxygen atoms in total. The highest BCUT2D eigenvalue weighted by molar-refractivity contribution is 9.09. The van der Waals surface area contributed by atoms with Crippen molar-refractivity contribution in [2.45, 2.75) is 17.7 Å². The Labute approximate surface area is 102 Å². The van der Waals surface area contributed by atoms with Crippen LogP contribution in [0.25, 0.3) is 0 Å². The molecule has 2 atom stereocenters. The molecular weight excluding hydrogens is 284 g/mol. The molecule has 0 aliphatic carbocycles. The standard InChI is InChI=1S/C10H12BrClOS/c11-9-3-4-13-6-7(9)5-8-1-2-10(12)14-8/h1-2,7,9H,3-6H2. The van der Waals surface area contributed by atoms with Gasteiger partial charge in [-0.2, -0.15) is 0 Å². The first-order valence-corrected chi connectivity index (χ1v) is 6.83. The maximum absolute atomic E-state index is 5.89. The average molecular weight is 296 g/mol. The molecule has 2 unspecified atom stereocenters. The minimum atomic E-state index is 0.595. The highest BCUT2D eigenvalue weighted by Crippen LogP contribution is 2.29. The third-order valence-electron chi connectivity index (χ3n) is 2.47. The Morgan fingerprint density at radius 3 is 3.07 bits per heavy atom. The van der Waals surface area contributed by atoms with Crippen LogP contribution in [0.15, 0.2) is 12.1 Å². The molecule has 0 N–H and O–H groups in total. The van der Waals surface area contributed by atoms with Crippen molar-refractivity contribution < 1.29 is 4.74 Å². The first-order chi connectivity index (χ1) is 6.75. The lowest BCUT2D eigenvalue weighted by Crippen LogP contribution is -2.29. The summed E-state index contributed by atoms with van der Waals surface area (Å²) >= 11 is 11.3. The minimum absolute atomic E-state index is 0.595. The molecule has 0 spiro atoms. The molecule has 1 aromatic heterocycles. The fourth-order valence-electron chi connectivity index (χ4n) is 1.68. The van der Waals surface area contributed by atoms with Crippen LogP contribution in [0.1, 0.15) is 11.3 Å². The van der Waals surface area contributed by atoms with Gasteiger partial charge < -0.3 is 4.74 Å². The van der Waals surface area contributed by atoms with Crippen molar-refractivity contribution in [3.8, 4) is 0 Å². The van der Waals surface area contributed by atoms with Gasteiger partial charge in [0.25, 0.3) is 0 Å². The zero-order valence-electron chi connectivity index (χ0n) is 7.71. The lowest BCUT2D eigenvalue weighted by Gasteiger charge is -2.26. The quantitative estimate of drug-likeness (QED) is 0.755. The highest BCUT2D eigenvalue weighted by atomic mass is 79.9. The number of rotatable bonds is 2. The Balaban J connectivity index is 1.95. The molecule has 1 aliphatic heterocycles. The van der Waals surface area contributed by atoms with Gasteiger partial charge in [0.15, 0.2) is 0 Å². The van der Waals surface area contributed by atoms with Crippen molar-refractivity contribution in [3.63, 3.8) is 0 Å². The van der Waals surface area contributed by atoms with E-state index >= 15 is 0 Å². The lowest BCUT2D eigenvalue weighted by molar-refractivity contribution is 0.0608. The summed E-state index contributed by atoms with van der Waals surface area (Å²) < 4.78 is 6.35. The number of hydrogen-bond donors (Lipinski definition) is 0. The van der Waals surface area contributed by atoms with E-state index in [0.717, 1.165) is 30.4 Å². The molecular formula is C10H12BrClOS. The molecule has 14 heavy (non-hydrogen) atoms. The minimum Gasteiger partial charge on any atom is -0.381 e.